The quantitative estimate of drug-likeness (QED) is 0.887. The molecule has 0 aliphatic carbocycles. The second-order valence-electron chi connectivity index (χ2n) is 4.16. The van der Waals surface area contributed by atoms with Crippen molar-refractivity contribution in [2.75, 3.05) is 0 Å². The molecule has 0 saturated carbocycles. The average molecular weight is 234 g/mol. The molecule has 0 unspecified atom stereocenters. The van der Waals surface area contributed by atoms with Crippen LogP contribution in [0, 0.1) is 5.92 Å². The fraction of sp³-hybridized carbons (Fsp3) is 0.333. The van der Waals surface area contributed by atoms with E-state index in [1.807, 2.05) is 17.5 Å². The molecule has 1 N–H and O–H groups in total. The van der Waals surface area contributed by atoms with Gasteiger partial charge in [0.05, 0.1) is 4.88 Å². The predicted molar refractivity (Wildman–Crippen MR) is 66.7 cm³/mol. The number of aromatic amines is 1. The summed E-state index contributed by atoms with van der Waals surface area (Å²) in [5.74, 6) is 1.18. The minimum atomic E-state index is -0.0750. The zero-order chi connectivity index (χ0) is 11.5. The first kappa shape index (κ1) is 11.1. The smallest absolute Gasteiger partial charge is 0.251 e. The Kier molecular flexibility index (Phi) is 3.19. The highest BCUT2D eigenvalue weighted by Gasteiger charge is 2.06. The van der Waals surface area contributed by atoms with E-state index in [2.05, 4.69) is 23.8 Å². The van der Waals surface area contributed by atoms with Crippen molar-refractivity contribution in [2.45, 2.75) is 20.3 Å². The maximum Gasteiger partial charge on any atom is 0.251 e. The molecule has 0 saturated heterocycles. The van der Waals surface area contributed by atoms with Gasteiger partial charge in [-0.3, -0.25) is 4.79 Å². The first-order valence-electron chi connectivity index (χ1n) is 5.29. The van der Waals surface area contributed by atoms with E-state index in [0.29, 0.717) is 11.7 Å². The van der Waals surface area contributed by atoms with Gasteiger partial charge >= 0.3 is 0 Å². The lowest BCUT2D eigenvalue weighted by molar-refractivity contribution is 0.634. The van der Waals surface area contributed by atoms with Crippen LogP contribution < -0.4 is 5.56 Å². The maximum absolute atomic E-state index is 11.5. The molecule has 0 aliphatic rings. The third-order valence-electron chi connectivity index (χ3n) is 2.17. The van der Waals surface area contributed by atoms with Crippen molar-refractivity contribution in [1.82, 2.24) is 9.97 Å². The van der Waals surface area contributed by atoms with Gasteiger partial charge in [-0.15, -0.1) is 11.3 Å². The van der Waals surface area contributed by atoms with Gasteiger partial charge in [-0.1, -0.05) is 19.9 Å². The van der Waals surface area contributed by atoms with Gasteiger partial charge in [-0.05, 0) is 23.8 Å². The van der Waals surface area contributed by atoms with Crippen molar-refractivity contribution in [3.05, 3.63) is 39.6 Å². The zero-order valence-electron chi connectivity index (χ0n) is 9.36. The normalized spacial score (nSPS) is 10.9. The van der Waals surface area contributed by atoms with Crippen LogP contribution in [0.1, 0.15) is 19.5 Å². The van der Waals surface area contributed by atoms with Gasteiger partial charge in [0, 0.05) is 11.8 Å². The number of thiophene rings is 1. The summed E-state index contributed by atoms with van der Waals surface area (Å²) < 4.78 is 0. The van der Waals surface area contributed by atoms with Crippen LogP contribution in [-0.2, 0) is 6.42 Å². The fourth-order valence-electron chi connectivity index (χ4n) is 1.56. The SMILES string of the molecule is CC(C)Cc1cc(=O)[nH]c(-c2cccs2)n1. The van der Waals surface area contributed by atoms with Crippen molar-refractivity contribution < 1.29 is 0 Å². The Bertz CT molecular complexity index is 514. The molecule has 2 rings (SSSR count). The van der Waals surface area contributed by atoms with Crippen LogP contribution >= 0.6 is 11.3 Å². The molecular formula is C12H14N2OS. The Hall–Kier alpha value is -1.42. The summed E-state index contributed by atoms with van der Waals surface area (Å²) in [6, 6.07) is 5.49. The summed E-state index contributed by atoms with van der Waals surface area (Å²) >= 11 is 1.58. The maximum atomic E-state index is 11.5. The number of nitrogens with one attached hydrogen (secondary N) is 1. The van der Waals surface area contributed by atoms with Crippen molar-refractivity contribution in [1.29, 1.82) is 0 Å². The van der Waals surface area contributed by atoms with Crippen LogP contribution in [0.15, 0.2) is 28.4 Å². The number of hydrogen-bond donors (Lipinski definition) is 1. The van der Waals surface area contributed by atoms with Crippen molar-refractivity contribution >= 4 is 11.3 Å². The van der Waals surface area contributed by atoms with Gasteiger partial charge in [0.25, 0.3) is 5.56 Å². The van der Waals surface area contributed by atoms with Crippen molar-refractivity contribution in [2.24, 2.45) is 5.92 Å². The van der Waals surface area contributed by atoms with Gasteiger partial charge in [-0.2, -0.15) is 0 Å². The molecule has 0 aromatic carbocycles. The third kappa shape index (κ3) is 2.58. The Balaban J connectivity index is 2.40. The van der Waals surface area contributed by atoms with Crippen LogP contribution in [-0.4, -0.2) is 9.97 Å². The fourth-order valence-corrected chi connectivity index (χ4v) is 2.23. The third-order valence-corrected chi connectivity index (χ3v) is 3.04. The zero-order valence-corrected chi connectivity index (χ0v) is 10.2. The molecule has 0 spiro atoms. The van der Waals surface area contributed by atoms with Crippen LogP contribution in [0.2, 0.25) is 0 Å². The molecule has 2 aromatic rings. The lowest BCUT2D eigenvalue weighted by Gasteiger charge is -2.05. The van der Waals surface area contributed by atoms with Gasteiger partial charge < -0.3 is 4.98 Å². The Morgan fingerprint density at radius 1 is 1.50 bits per heavy atom. The molecule has 0 bridgehead atoms. The number of aromatic nitrogens is 2. The number of hydrogen-bond acceptors (Lipinski definition) is 3. The van der Waals surface area contributed by atoms with E-state index < -0.39 is 0 Å². The van der Waals surface area contributed by atoms with Gasteiger partial charge in [0.1, 0.15) is 5.82 Å². The van der Waals surface area contributed by atoms with Gasteiger partial charge in [-0.25, -0.2) is 4.98 Å². The number of rotatable bonds is 3. The molecule has 0 radical (unpaired) electrons. The minimum absolute atomic E-state index is 0.0750. The first-order valence-corrected chi connectivity index (χ1v) is 6.17. The van der Waals surface area contributed by atoms with Crippen LogP contribution in [0.3, 0.4) is 0 Å². The van der Waals surface area contributed by atoms with E-state index in [4.69, 9.17) is 0 Å². The van der Waals surface area contributed by atoms with Crippen LogP contribution in [0.5, 0.6) is 0 Å². The lowest BCUT2D eigenvalue weighted by Crippen LogP contribution is -2.11. The largest absolute Gasteiger partial charge is 0.306 e. The molecule has 16 heavy (non-hydrogen) atoms. The molecular weight excluding hydrogens is 220 g/mol. The first-order chi connectivity index (χ1) is 7.65. The van der Waals surface area contributed by atoms with Gasteiger partial charge in [0.15, 0.2) is 0 Å². The van der Waals surface area contributed by atoms with E-state index in [0.717, 1.165) is 17.0 Å². The van der Waals surface area contributed by atoms with Gasteiger partial charge in [0.2, 0.25) is 0 Å². The van der Waals surface area contributed by atoms with E-state index >= 15 is 0 Å². The molecule has 0 aliphatic heterocycles. The number of nitrogens with zero attached hydrogens (tertiary/aromatic N) is 1. The molecule has 84 valence electrons. The Morgan fingerprint density at radius 3 is 2.94 bits per heavy atom. The molecule has 4 heteroatoms. The Morgan fingerprint density at radius 2 is 2.31 bits per heavy atom. The molecule has 0 fully saturated rings. The number of H-pyrrole nitrogens is 1. The summed E-state index contributed by atoms with van der Waals surface area (Å²) in [6.45, 7) is 4.24. The van der Waals surface area contributed by atoms with Crippen molar-refractivity contribution in [3.63, 3.8) is 0 Å². The van der Waals surface area contributed by atoms with Crippen molar-refractivity contribution in [3.8, 4) is 10.7 Å². The average Bonchev–Trinajstić information content (AvgIpc) is 2.67. The van der Waals surface area contributed by atoms with E-state index in [9.17, 15) is 4.79 Å². The van der Waals surface area contributed by atoms with E-state index in [1.54, 1.807) is 17.4 Å². The second-order valence-corrected chi connectivity index (χ2v) is 5.11. The van der Waals surface area contributed by atoms with Crippen LogP contribution in [0.25, 0.3) is 10.7 Å². The molecule has 2 aromatic heterocycles. The second kappa shape index (κ2) is 4.61. The highest BCUT2D eigenvalue weighted by Crippen LogP contribution is 2.20. The summed E-state index contributed by atoms with van der Waals surface area (Å²) in [5.41, 5.74) is 0.788. The summed E-state index contributed by atoms with van der Waals surface area (Å²) in [7, 11) is 0. The highest BCUT2D eigenvalue weighted by molar-refractivity contribution is 7.13. The van der Waals surface area contributed by atoms with E-state index in [1.165, 1.54) is 0 Å². The van der Waals surface area contributed by atoms with E-state index in [-0.39, 0.29) is 5.56 Å². The topological polar surface area (TPSA) is 45.8 Å². The highest BCUT2D eigenvalue weighted by atomic mass is 32.1. The Labute approximate surface area is 98.2 Å². The molecule has 0 atom stereocenters. The summed E-state index contributed by atoms with van der Waals surface area (Å²) in [5, 5.41) is 1.98. The lowest BCUT2D eigenvalue weighted by atomic mass is 10.1. The minimum Gasteiger partial charge on any atom is -0.306 e. The summed E-state index contributed by atoms with van der Waals surface area (Å²) in [6.07, 6.45) is 0.836. The standard InChI is InChI=1S/C12H14N2OS/c1-8(2)6-9-7-11(15)14-12(13-9)10-4-3-5-16-10/h3-5,7-8H,6H2,1-2H3,(H,13,14,15). The predicted octanol–water partition coefficient (Wildman–Crippen LogP) is 2.70. The monoisotopic (exact) mass is 234 g/mol. The molecule has 0 amide bonds. The molecule has 3 nitrogen and oxygen atoms in total. The summed E-state index contributed by atoms with van der Waals surface area (Å²) in [4.78, 5) is 19.7. The molecule has 2 heterocycles. The van der Waals surface area contributed by atoms with Crippen LogP contribution in [0.4, 0.5) is 0 Å².